The van der Waals surface area contributed by atoms with Crippen molar-refractivity contribution < 1.29 is 9.84 Å². The van der Waals surface area contributed by atoms with Crippen LogP contribution in [-0.2, 0) is 0 Å². The Hall–Kier alpha value is -1.46. The van der Waals surface area contributed by atoms with E-state index in [9.17, 15) is 5.11 Å². The summed E-state index contributed by atoms with van der Waals surface area (Å²) in [6, 6.07) is 7.03. The molecule has 1 aromatic carbocycles. The van der Waals surface area contributed by atoms with Gasteiger partial charge in [0, 0.05) is 11.6 Å². The number of fused-ring (bicyclic) bond motifs is 1. The van der Waals surface area contributed by atoms with Crippen LogP contribution in [-0.4, -0.2) is 16.7 Å². The van der Waals surface area contributed by atoms with Gasteiger partial charge in [-0.2, -0.15) is 0 Å². The molecule has 1 aliphatic heterocycles. The maximum Gasteiger partial charge on any atom is 0.143 e. The molecule has 0 aliphatic carbocycles. The second-order valence-corrected chi connectivity index (χ2v) is 5.44. The Balaban J connectivity index is 1.84. The van der Waals surface area contributed by atoms with Gasteiger partial charge in [-0.25, -0.2) is 4.98 Å². The molecule has 1 aromatic heterocycles. The number of hydrogen-bond donors (Lipinski definition) is 2. The number of nitrogens with zero attached hydrogens (tertiary/aromatic N) is 1. The number of aromatic nitrogens is 1. The molecular formula is C13H10BrClN2O2. The summed E-state index contributed by atoms with van der Waals surface area (Å²) in [6.07, 6.45) is 1.67. The van der Waals surface area contributed by atoms with Crippen molar-refractivity contribution in [2.24, 2.45) is 0 Å². The maximum absolute atomic E-state index is 9.41. The van der Waals surface area contributed by atoms with Crippen LogP contribution < -0.4 is 10.1 Å². The molecule has 3 rings (SSSR count). The van der Waals surface area contributed by atoms with Gasteiger partial charge in [-0.3, -0.25) is 0 Å². The average Bonchev–Trinajstić information content (AvgIpc) is 2.76. The van der Waals surface area contributed by atoms with Crippen LogP contribution in [0.1, 0.15) is 11.6 Å². The van der Waals surface area contributed by atoms with Gasteiger partial charge < -0.3 is 15.2 Å². The highest BCUT2D eigenvalue weighted by atomic mass is 79.9. The van der Waals surface area contributed by atoms with Crippen LogP contribution in [0.25, 0.3) is 0 Å². The number of hydrogen-bond acceptors (Lipinski definition) is 4. The highest BCUT2D eigenvalue weighted by Crippen LogP contribution is 2.37. The zero-order chi connectivity index (χ0) is 13.4. The van der Waals surface area contributed by atoms with Gasteiger partial charge in [0.1, 0.15) is 23.3 Å². The predicted octanol–water partition coefficient (Wildman–Crippen LogP) is 3.75. The number of rotatable bonds is 2. The number of anilines is 1. The third-order valence-corrected chi connectivity index (χ3v) is 4.05. The molecular weight excluding hydrogens is 332 g/mol. The van der Waals surface area contributed by atoms with Crippen molar-refractivity contribution in [2.75, 3.05) is 11.9 Å². The monoisotopic (exact) mass is 340 g/mol. The van der Waals surface area contributed by atoms with Crippen molar-refractivity contribution >= 4 is 33.2 Å². The Bertz CT molecular complexity index is 636. The average molecular weight is 342 g/mol. The summed E-state index contributed by atoms with van der Waals surface area (Å²) < 4.78 is 6.28. The molecule has 6 heteroatoms. The van der Waals surface area contributed by atoms with Crippen molar-refractivity contribution in [1.29, 1.82) is 0 Å². The Labute approximate surface area is 123 Å². The molecule has 0 fully saturated rings. The van der Waals surface area contributed by atoms with Crippen molar-refractivity contribution in [3.05, 3.63) is 45.7 Å². The summed E-state index contributed by atoms with van der Waals surface area (Å²) in [6.45, 7) is 0.513. The highest BCUT2D eigenvalue weighted by Gasteiger charge is 2.24. The number of benzene rings is 1. The van der Waals surface area contributed by atoms with Crippen molar-refractivity contribution in [1.82, 2.24) is 4.98 Å². The van der Waals surface area contributed by atoms with Crippen LogP contribution in [0.5, 0.6) is 11.5 Å². The number of nitrogens with one attached hydrogen (secondary N) is 1. The number of aromatic hydroxyl groups is 1. The Morgan fingerprint density at radius 1 is 1.42 bits per heavy atom. The number of phenolic OH excluding ortho intramolecular Hbond substituents is 1. The first-order valence-electron chi connectivity index (χ1n) is 5.67. The van der Waals surface area contributed by atoms with E-state index in [0.29, 0.717) is 17.5 Å². The molecule has 4 nitrogen and oxygen atoms in total. The van der Waals surface area contributed by atoms with Gasteiger partial charge in [-0.1, -0.05) is 11.6 Å². The van der Waals surface area contributed by atoms with Crippen molar-refractivity contribution in [3.63, 3.8) is 0 Å². The molecule has 0 saturated heterocycles. The van der Waals surface area contributed by atoms with Crippen molar-refractivity contribution in [2.45, 2.75) is 6.04 Å². The van der Waals surface area contributed by atoms with E-state index >= 15 is 0 Å². The first-order chi connectivity index (χ1) is 9.13. The van der Waals surface area contributed by atoms with Gasteiger partial charge in [-0.15, -0.1) is 0 Å². The van der Waals surface area contributed by atoms with E-state index in [1.54, 1.807) is 18.3 Å². The van der Waals surface area contributed by atoms with E-state index in [1.807, 2.05) is 12.1 Å². The van der Waals surface area contributed by atoms with Crippen LogP contribution in [0.2, 0.25) is 5.15 Å². The third kappa shape index (κ3) is 2.48. The topological polar surface area (TPSA) is 54.4 Å². The minimum absolute atomic E-state index is 0.0328. The van der Waals surface area contributed by atoms with Crippen LogP contribution in [0.4, 0.5) is 5.69 Å². The van der Waals surface area contributed by atoms with E-state index in [0.717, 1.165) is 15.7 Å². The zero-order valence-corrected chi connectivity index (χ0v) is 12.1. The summed E-state index contributed by atoms with van der Waals surface area (Å²) in [7, 11) is 0. The fourth-order valence-corrected chi connectivity index (χ4v) is 2.47. The molecule has 0 saturated carbocycles. The normalized spacial score (nSPS) is 16.8. The maximum atomic E-state index is 9.41. The molecule has 0 bridgehead atoms. The van der Waals surface area contributed by atoms with Gasteiger partial charge in [0.2, 0.25) is 0 Å². The van der Waals surface area contributed by atoms with Crippen LogP contribution in [0.15, 0.2) is 34.9 Å². The van der Waals surface area contributed by atoms with Gasteiger partial charge in [0.25, 0.3) is 0 Å². The molecule has 2 N–H and O–H groups in total. The summed E-state index contributed by atoms with van der Waals surface area (Å²) >= 11 is 9.20. The largest absolute Gasteiger partial charge is 0.508 e. The second kappa shape index (κ2) is 4.90. The molecule has 0 spiro atoms. The first kappa shape index (κ1) is 12.6. The first-order valence-corrected chi connectivity index (χ1v) is 6.84. The molecule has 1 unspecified atom stereocenters. The van der Waals surface area contributed by atoms with E-state index in [2.05, 4.69) is 26.2 Å². The van der Waals surface area contributed by atoms with E-state index in [1.165, 1.54) is 0 Å². The lowest BCUT2D eigenvalue weighted by molar-refractivity contribution is 0.338. The highest BCUT2D eigenvalue weighted by molar-refractivity contribution is 9.10. The smallest absolute Gasteiger partial charge is 0.143 e. The lowest BCUT2D eigenvalue weighted by Crippen LogP contribution is -2.12. The molecule has 1 atom stereocenters. The zero-order valence-electron chi connectivity index (χ0n) is 9.73. The SMILES string of the molecule is Oc1ccc2c(c1)OCC2Nc1cnc(Cl)c(Br)c1. The lowest BCUT2D eigenvalue weighted by Gasteiger charge is -2.13. The van der Waals surface area contributed by atoms with Crippen LogP contribution in [0.3, 0.4) is 0 Å². The minimum Gasteiger partial charge on any atom is -0.508 e. The predicted molar refractivity (Wildman–Crippen MR) is 76.9 cm³/mol. The number of halogens is 2. The number of ether oxygens (including phenoxy) is 1. The fraction of sp³-hybridized carbons (Fsp3) is 0.154. The Morgan fingerprint density at radius 3 is 3.05 bits per heavy atom. The molecule has 19 heavy (non-hydrogen) atoms. The molecule has 1 aliphatic rings. The molecule has 2 aromatic rings. The second-order valence-electron chi connectivity index (χ2n) is 4.23. The quantitative estimate of drug-likeness (QED) is 0.817. The fourth-order valence-electron chi connectivity index (χ4n) is 2.02. The van der Waals surface area contributed by atoms with E-state index in [-0.39, 0.29) is 11.8 Å². The summed E-state index contributed by atoms with van der Waals surface area (Å²) in [4.78, 5) is 4.07. The van der Waals surface area contributed by atoms with Gasteiger partial charge in [0.05, 0.1) is 22.4 Å². The number of pyridine rings is 1. The molecule has 98 valence electrons. The van der Waals surface area contributed by atoms with Gasteiger partial charge >= 0.3 is 0 Å². The molecule has 0 amide bonds. The minimum atomic E-state index is 0.0328. The van der Waals surface area contributed by atoms with E-state index < -0.39 is 0 Å². The Morgan fingerprint density at radius 2 is 2.26 bits per heavy atom. The number of phenols is 1. The third-order valence-electron chi connectivity index (χ3n) is 2.92. The lowest BCUT2D eigenvalue weighted by atomic mass is 10.1. The molecule has 2 heterocycles. The van der Waals surface area contributed by atoms with Gasteiger partial charge in [-0.05, 0) is 34.1 Å². The summed E-state index contributed by atoms with van der Waals surface area (Å²) in [5, 5.41) is 13.2. The van der Waals surface area contributed by atoms with Crippen LogP contribution >= 0.6 is 27.5 Å². The van der Waals surface area contributed by atoms with Gasteiger partial charge in [0.15, 0.2) is 0 Å². The van der Waals surface area contributed by atoms with E-state index in [4.69, 9.17) is 16.3 Å². The van der Waals surface area contributed by atoms with Crippen LogP contribution in [0, 0.1) is 0 Å². The van der Waals surface area contributed by atoms with Crippen molar-refractivity contribution in [3.8, 4) is 11.5 Å². The molecule has 0 radical (unpaired) electrons. The Kier molecular flexibility index (Phi) is 3.24. The standard InChI is InChI=1S/C13H10BrClN2O2/c14-10-3-7(5-16-13(10)15)17-11-6-19-12-4-8(18)1-2-9(11)12/h1-5,11,17-18H,6H2. The summed E-state index contributed by atoms with van der Waals surface area (Å²) in [5.41, 5.74) is 1.87. The summed E-state index contributed by atoms with van der Waals surface area (Å²) in [5.74, 6) is 0.911.